The quantitative estimate of drug-likeness (QED) is 0.705. The van der Waals surface area contributed by atoms with Crippen LogP contribution in [0.15, 0.2) is 30.3 Å². The first kappa shape index (κ1) is 22.3. The minimum atomic E-state index is -0.435. The number of rotatable bonds is 6. The van der Waals surface area contributed by atoms with E-state index >= 15 is 0 Å². The van der Waals surface area contributed by atoms with E-state index in [1.807, 2.05) is 18.2 Å². The molecule has 2 saturated carbocycles. The third-order valence-corrected chi connectivity index (χ3v) is 7.74. The van der Waals surface area contributed by atoms with Crippen molar-refractivity contribution in [3.63, 3.8) is 0 Å². The SMILES string of the molecule is CC[C@@]1(C(=O)OC)CC2CC[C@H](NC(=O)[C@H]3CN(Cc4ccccc4)CCO3)C(C2)C1. The second-order valence-electron chi connectivity index (χ2n) is 9.67. The fraction of sp³-hybridized carbons (Fsp3) is 0.680. The van der Waals surface area contributed by atoms with Crippen LogP contribution < -0.4 is 5.32 Å². The monoisotopic (exact) mass is 428 g/mol. The van der Waals surface area contributed by atoms with Gasteiger partial charge in [0.05, 0.1) is 19.1 Å². The predicted octanol–water partition coefficient (Wildman–Crippen LogP) is 3.15. The average Bonchev–Trinajstić information content (AvgIpc) is 2.81. The van der Waals surface area contributed by atoms with Gasteiger partial charge in [0.25, 0.3) is 5.91 Å². The summed E-state index contributed by atoms with van der Waals surface area (Å²) in [5, 5.41) is 3.30. The number of carbonyl (C=O) groups excluding carboxylic acids is 2. The van der Waals surface area contributed by atoms with Crippen molar-refractivity contribution in [3.8, 4) is 0 Å². The summed E-state index contributed by atoms with van der Waals surface area (Å²) in [5.41, 5.74) is 0.863. The molecule has 2 unspecified atom stereocenters. The van der Waals surface area contributed by atoms with E-state index in [4.69, 9.17) is 9.47 Å². The van der Waals surface area contributed by atoms with Gasteiger partial charge in [-0.3, -0.25) is 14.5 Å². The highest BCUT2D eigenvalue weighted by Gasteiger charge is 2.49. The molecule has 6 heteroatoms. The lowest BCUT2D eigenvalue weighted by Crippen LogP contribution is -2.55. The van der Waals surface area contributed by atoms with Gasteiger partial charge in [-0.05, 0) is 55.9 Å². The molecule has 1 aromatic carbocycles. The van der Waals surface area contributed by atoms with E-state index in [9.17, 15) is 9.59 Å². The van der Waals surface area contributed by atoms with Crippen LogP contribution in [0.2, 0.25) is 0 Å². The standard InChI is InChI=1S/C25H36N2O4/c1-3-25(24(29)30-2)14-19-9-10-21(20(13-19)15-25)26-23(28)22-17-27(11-12-31-22)16-18-7-5-4-6-8-18/h4-8,19-22H,3,9-17H2,1-2H3,(H,26,28)/t19?,20?,21-,22+,25+/m0/s1. The molecule has 4 rings (SSSR count). The van der Waals surface area contributed by atoms with Crippen molar-refractivity contribution in [1.82, 2.24) is 10.2 Å². The molecule has 0 spiro atoms. The van der Waals surface area contributed by atoms with E-state index in [1.54, 1.807) is 0 Å². The first-order valence-corrected chi connectivity index (χ1v) is 11.8. The lowest BCUT2D eigenvalue weighted by molar-refractivity contribution is -0.159. The Kier molecular flexibility index (Phi) is 6.97. The molecular formula is C25H36N2O4. The van der Waals surface area contributed by atoms with Crippen molar-refractivity contribution in [2.75, 3.05) is 26.8 Å². The molecule has 2 bridgehead atoms. The fourth-order valence-corrected chi connectivity index (χ4v) is 6.04. The van der Waals surface area contributed by atoms with Gasteiger partial charge in [0.15, 0.2) is 0 Å². The molecule has 1 aromatic rings. The zero-order chi connectivity index (χ0) is 21.8. The maximum Gasteiger partial charge on any atom is 0.311 e. The maximum atomic E-state index is 13.1. The molecule has 31 heavy (non-hydrogen) atoms. The summed E-state index contributed by atoms with van der Waals surface area (Å²) in [6.45, 7) is 4.94. The highest BCUT2D eigenvalue weighted by molar-refractivity contribution is 5.81. The molecular weight excluding hydrogens is 392 g/mol. The molecule has 0 aromatic heterocycles. The van der Waals surface area contributed by atoms with Crippen LogP contribution in [0.3, 0.4) is 0 Å². The van der Waals surface area contributed by atoms with Gasteiger partial charge in [-0.25, -0.2) is 0 Å². The molecule has 2 aliphatic carbocycles. The van der Waals surface area contributed by atoms with Crippen LogP contribution in [0.25, 0.3) is 0 Å². The van der Waals surface area contributed by atoms with Gasteiger partial charge >= 0.3 is 5.97 Å². The van der Waals surface area contributed by atoms with E-state index in [-0.39, 0.29) is 23.3 Å². The minimum Gasteiger partial charge on any atom is -0.469 e. The van der Waals surface area contributed by atoms with Crippen LogP contribution in [0, 0.1) is 17.3 Å². The smallest absolute Gasteiger partial charge is 0.311 e. The lowest BCUT2D eigenvalue weighted by Gasteiger charge is -2.48. The molecule has 1 N–H and O–H groups in total. The molecule has 1 heterocycles. The molecule has 0 radical (unpaired) electrons. The van der Waals surface area contributed by atoms with Gasteiger partial charge in [-0.15, -0.1) is 0 Å². The van der Waals surface area contributed by atoms with Crippen molar-refractivity contribution < 1.29 is 19.1 Å². The van der Waals surface area contributed by atoms with E-state index < -0.39 is 6.10 Å². The number of morpholine rings is 1. The summed E-state index contributed by atoms with van der Waals surface area (Å²) in [4.78, 5) is 28.0. The third kappa shape index (κ3) is 4.96. The van der Waals surface area contributed by atoms with E-state index in [0.717, 1.165) is 51.6 Å². The number of nitrogens with one attached hydrogen (secondary N) is 1. The number of carbonyl (C=O) groups is 2. The number of benzene rings is 1. The number of hydrogen-bond acceptors (Lipinski definition) is 5. The Labute approximate surface area is 185 Å². The van der Waals surface area contributed by atoms with Crippen molar-refractivity contribution >= 4 is 11.9 Å². The number of ether oxygens (including phenoxy) is 2. The number of amides is 1. The zero-order valence-electron chi connectivity index (χ0n) is 18.8. The van der Waals surface area contributed by atoms with Gasteiger partial charge < -0.3 is 14.8 Å². The Morgan fingerprint density at radius 1 is 1.23 bits per heavy atom. The molecule has 6 nitrogen and oxygen atoms in total. The average molecular weight is 429 g/mol. The molecule has 5 atom stereocenters. The Morgan fingerprint density at radius 2 is 2.03 bits per heavy atom. The van der Waals surface area contributed by atoms with Crippen LogP contribution >= 0.6 is 0 Å². The van der Waals surface area contributed by atoms with Crippen LogP contribution in [0.5, 0.6) is 0 Å². The molecule has 170 valence electrons. The van der Waals surface area contributed by atoms with Gasteiger partial charge in [-0.1, -0.05) is 37.3 Å². The van der Waals surface area contributed by atoms with E-state index in [0.29, 0.717) is 25.0 Å². The summed E-state index contributed by atoms with van der Waals surface area (Å²) < 4.78 is 11.0. The van der Waals surface area contributed by atoms with Crippen LogP contribution in [-0.2, 0) is 25.6 Å². The number of nitrogens with zero attached hydrogens (tertiary/aromatic N) is 1. The maximum absolute atomic E-state index is 13.1. The zero-order valence-corrected chi connectivity index (χ0v) is 18.8. The summed E-state index contributed by atoms with van der Waals surface area (Å²) in [6.07, 6.45) is 5.24. The predicted molar refractivity (Wildman–Crippen MR) is 118 cm³/mol. The molecule has 3 fully saturated rings. The van der Waals surface area contributed by atoms with Crippen LogP contribution in [0.1, 0.15) is 51.0 Å². The van der Waals surface area contributed by atoms with Gasteiger partial charge in [0.2, 0.25) is 0 Å². The van der Waals surface area contributed by atoms with Gasteiger partial charge in [-0.2, -0.15) is 0 Å². The second-order valence-corrected chi connectivity index (χ2v) is 9.67. The normalized spacial score (nSPS) is 33.5. The first-order chi connectivity index (χ1) is 15.0. The topological polar surface area (TPSA) is 67.9 Å². The summed E-state index contributed by atoms with van der Waals surface area (Å²) in [6, 6.07) is 10.5. The van der Waals surface area contributed by atoms with Gasteiger partial charge in [0, 0.05) is 25.7 Å². The van der Waals surface area contributed by atoms with Crippen molar-refractivity contribution in [2.45, 2.75) is 64.1 Å². The van der Waals surface area contributed by atoms with Crippen molar-refractivity contribution in [2.24, 2.45) is 17.3 Å². The summed E-state index contributed by atoms with van der Waals surface area (Å²) in [5.74, 6) is 0.800. The molecule has 1 amide bonds. The summed E-state index contributed by atoms with van der Waals surface area (Å²) in [7, 11) is 1.49. The lowest BCUT2D eigenvalue weighted by atomic mass is 9.58. The minimum absolute atomic E-state index is 0.00745. The second kappa shape index (κ2) is 9.70. The molecule has 3 aliphatic rings. The Morgan fingerprint density at radius 3 is 2.77 bits per heavy atom. The fourth-order valence-electron chi connectivity index (χ4n) is 6.04. The highest BCUT2D eigenvalue weighted by atomic mass is 16.5. The van der Waals surface area contributed by atoms with Crippen LogP contribution in [0.4, 0.5) is 0 Å². The van der Waals surface area contributed by atoms with Gasteiger partial charge in [0.1, 0.15) is 6.10 Å². The first-order valence-electron chi connectivity index (χ1n) is 11.8. The number of esters is 1. The van der Waals surface area contributed by atoms with Crippen molar-refractivity contribution in [3.05, 3.63) is 35.9 Å². The Hall–Kier alpha value is -1.92. The molecule has 1 aliphatic heterocycles. The number of hydrogen-bond donors (Lipinski definition) is 1. The largest absolute Gasteiger partial charge is 0.469 e. The summed E-state index contributed by atoms with van der Waals surface area (Å²) >= 11 is 0. The highest BCUT2D eigenvalue weighted by Crippen LogP contribution is 2.51. The number of methoxy groups -OCH3 is 1. The van der Waals surface area contributed by atoms with E-state index in [2.05, 4.69) is 29.3 Å². The number of fused-ring (bicyclic) bond motifs is 2. The molecule has 1 saturated heterocycles. The Balaban J connectivity index is 1.36. The van der Waals surface area contributed by atoms with Crippen molar-refractivity contribution in [1.29, 1.82) is 0 Å². The van der Waals surface area contributed by atoms with E-state index in [1.165, 1.54) is 12.7 Å². The third-order valence-electron chi connectivity index (χ3n) is 7.74. The Bertz CT molecular complexity index is 770. The van der Waals surface area contributed by atoms with Crippen LogP contribution in [-0.4, -0.2) is 55.7 Å².